The lowest BCUT2D eigenvalue weighted by Gasteiger charge is -1.81. The Morgan fingerprint density at radius 1 is 1.09 bits per heavy atom. The molecule has 0 nitrogen and oxygen atoms in total. The monoisotopic (exact) mass is 184 g/mol. The molecule has 0 atom stereocenters. The van der Waals surface area contributed by atoms with Crippen LogP contribution >= 0.6 is 22.9 Å². The molecule has 0 aromatic carbocycles. The molecule has 2 heteroatoms. The van der Waals surface area contributed by atoms with E-state index in [1.807, 2.05) is 43.3 Å². The van der Waals surface area contributed by atoms with Crippen molar-refractivity contribution in [3.8, 4) is 0 Å². The van der Waals surface area contributed by atoms with E-state index in [9.17, 15) is 0 Å². The summed E-state index contributed by atoms with van der Waals surface area (Å²) in [6.07, 6.45) is 0. The largest absolute Gasteiger partial charge is 0.129 e. The van der Waals surface area contributed by atoms with Crippen LogP contribution in [0.5, 0.6) is 0 Å². The maximum absolute atomic E-state index is 5.87. The highest BCUT2D eigenvalue weighted by atomic mass is 35.5. The second-order valence-electron chi connectivity index (χ2n) is 2.12. The number of rotatable bonds is 0. The molecule has 0 spiro atoms. The van der Waals surface area contributed by atoms with E-state index in [2.05, 4.69) is 0 Å². The molecule has 0 bridgehead atoms. The summed E-state index contributed by atoms with van der Waals surface area (Å²) >= 11 is 7.44. The zero-order chi connectivity index (χ0) is 8.10. The summed E-state index contributed by atoms with van der Waals surface area (Å²) < 4.78 is 0.804. The van der Waals surface area contributed by atoms with Crippen molar-refractivity contribution in [2.45, 2.75) is 6.92 Å². The average molecular weight is 185 g/mol. The average Bonchev–Trinajstić information content (AvgIpc) is 2.02. The van der Waals surface area contributed by atoms with Gasteiger partial charge in [-0.25, -0.2) is 0 Å². The topological polar surface area (TPSA) is 0 Å². The zero-order valence-corrected chi connectivity index (χ0v) is 7.82. The molecule has 0 N–H and O–H groups in total. The highest BCUT2D eigenvalue weighted by molar-refractivity contribution is 7.15. The minimum absolute atomic E-state index is 0.804. The lowest BCUT2D eigenvalue weighted by Crippen LogP contribution is -1.54. The molecule has 58 valence electrons. The first-order chi connectivity index (χ1) is 5.29. The van der Waals surface area contributed by atoms with E-state index < -0.39 is 0 Å². The van der Waals surface area contributed by atoms with Gasteiger partial charge in [-0.05, 0) is 19.1 Å². The van der Waals surface area contributed by atoms with Crippen molar-refractivity contribution in [1.82, 2.24) is 0 Å². The number of hydrogen-bond donors (Lipinski definition) is 0. The predicted molar refractivity (Wildman–Crippen MR) is 51.7 cm³/mol. The molecule has 0 fully saturated rings. The highest BCUT2D eigenvalue weighted by Crippen LogP contribution is 2.14. The van der Waals surface area contributed by atoms with Gasteiger partial charge in [0.2, 0.25) is 0 Å². The van der Waals surface area contributed by atoms with Crippen LogP contribution in [0, 0.1) is 6.92 Å². The summed E-state index contributed by atoms with van der Waals surface area (Å²) in [6.45, 7) is 2.04. The lowest BCUT2D eigenvalue weighted by atomic mass is 10.4. The first kappa shape index (κ1) is 8.57. The molecule has 0 aliphatic rings. The van der Waals surface area contributed by atoms with Crippen molar-refractivity contribution in [1.29, 1.82) is 0 Å². The second kappa shape index (κ2) is 4.37. The Morgan fingerprint density at radius 2 is 1.73 bits per heavy atom. The summed E-state index contributed by atoms with van der Waals surface area (Å²) in [5, 5.41) is 0. The minimum atomic E-state index is 0.804. The van der Waals surface area contributed by atoms with Crippen molar-refractivity contribution < 1.29 is 0 Å². The van der Waals surface area contributed by atoms with E-state index in [1.165, 1.54) is 4.88 Å². The molecule has 0 aliphatic carbocycles. The van der Waals surface area contributed by atoms with E-state index in [-0.39, 0.29) is 0 Å². The second-order valence-corrected chi connectivity index (χ2v) is 4.04. The Kier molecular flexibility index (Phi) is 3.40. The van der Waals surface area contributed by atoms with Crippen molar-refractivity contribution >= 4 is 22.9 Å². The van der Waals surface area contributed by atoms with E-state index in [1.54, 1.807) is 11.3 Å². The van der Waals surface area contributed by atoms with Gasteiger partial charge in [-0.2, -0.15) is 0 Å². The van der Waals surface area contributed by atoms with Crippen molar-refractivity contribution in [2.24, 2.45) is 0 Å². The zero-order valence-electron chi connectivity index (χ0n) is 6.25. The Hall–Kier alpha value is -0.530. The van der Waals surface area contributed by atoms with E-state index >= 15 is 0 Å². The van der Waals surface area contributed by atoms with Crippen LogP contribution in [0.2, 0.25) is 4.34 Å². The standard InChI is InChI=1S/C9H9ClS/c1-8-6-4-2-3-5-7-9(10)11-8/h2-7H,1H3. The maximum atomic E-state index is 5.87. The molecule has 0 radical (unpaired) electrons. The number of hydrogen-bond acceptors (Lipinski definition) is 1. The molecular weight excluding hydrogens is 176 g/mol. The summed E-state index contributed by atoms with van der Waals surface area (Å²) in [6, 6.07) is 11.8. The van der Waals surface area contributed by atoms with Gasteiger partial charge in [0.15, 0.2) is 0 Å². The van der Waals surface area contributed by atoms with Crippen molar-refractivity contribution in [3.63, 3.8) is 0 Å². The van der Waals surface area contributed by atoms with Gasteiger partial charge in [-0.1, -0.05) is 35.9 Å². The van der Waals surface area contributed by atoms with E-state index in [4.69, 9.17) is 11.6 Å². The lowest BCUT2D eigenvalue weighted by molar-refractivity contribution is 1.62. The Balaban J connectivity index is 3.25. The van der Waals surface area contributed by atoms with Gasteiger partial charge in [0, 0.05) is 4.88 Å². The number of halogens is 1. The fraction of sp³-hybridized carbons (Fsp3) is 0.111. The van der Waals surface area contributed by atoms with Crippen LogP contribution in [0.4, 0.5) is 0 Å². The van der Waals surface area contributed by atoms with Gasteiger partial charge in [0.25, 0.3) is 0 Å². The van der Waals surface area contributed by atoms with Crippen LogP contribution in [0.25, 0.3) is 0 Å². The van der Waals surface area contributed by atoms with Gasteiger partial charge in [-0.3, -0.25) is 0 Å². The third-order valence-electron chi connectivity index (χ3n) is 1.15. The van der Waals surface area contributed by atoms with E-state index in [0.717, 1.165) is 4.34 Å². The van der Waals surface area contributed by atoms with Crippen LogP contribution in [0.1, 0.15) is 4.88 Å². The molecule has 11 heavy (non-hydrogen) atoms. The van der Waals surface area contributed by atoms with Gasteiger partial charge in [0.05, 0.1) is 4.34 Å². The fourth-order valence-electron chi connectivity index (χ4n) is 0.672. The first-order valence-corrected chi connectivity index (χ1v) is 4.54. The Bertz CT molecular complexity index is 250. The van der Waals surface area contributed by atoms with Gasteiger partial charge >= 0.3 is 0 Å². The van der Waals surface area contributed by atoms with Crippen LogP contribution < -0.4 is 0 Å². The molecule has 0 saturated carbocycles. The van der Waals surface area contributed by atoms with Crippen molar-refractivity contribution in [3.05, 3.63) is 45.6 Å². The minimum Gasteiger partial charge on any atom is -0.129 e. The van der Waals surface area contributed by atoms with Crippen molar-refractivity contribution in [2.75, 3.05) is 0 Å². The fourth-order valence-corrected chi connectivity index (χ4v) is 1.71. The summed E-state index contributed by atoms with van der Waals surface area (Å²) in [4.78, 5) is 1.20. The van der Waals surface area contributed by atoms with Gasteiger partial charge < -0.3 is 0 Å². The molecule has 0 saturated heterocycles. The molecular formula is C9H9ClS. The molecule has 1 aromatic rings. The quantitative estimate of drug-likeness (QED) is 0.575. The normalized spacial score (nSPS) is 8.91. The van der Waals surface area contributed by atoms with E-state index in [0.29, 0.717) is 0 Å². The molecule has 0 amide bonds. The van der Waals surface area contributed by atoms with Crippen LogP contribution in [0.3, 0.4) is 0 Å². The molecule has 1 heterocycles. The summed E-state index contributed by atoms with van der Waals surface area (Å²) in [7, 11) is 0. The summed E-state index contributed by atoms with van der Waals surface area (Å²) in [5.74, 6) is 0. The molecule has 1 rings (SSSR count). The van der Waals surface area contributed by atoms with Crippen LogP contribution in [-0.4, -0.2) is 0 Å². The SMILES string of the molecule is Cc1ccccccc(Cl)s1. The predicted octanol–water partition coefficient (Wildman–Crippen LogP) is 3.83. The third kappa shape index (κ3) is 3.40. The van der Waals surface area contributed by atoms with Gasteiger partial charge in [-0.15, -0.1) is 11.3 Å². The molecule has 0 aliphatic heterocycles. The first-order valence-electron chi connectivity index (χ1n) is 3.34. The third-order valence-corrected chi connectivity index (χ3v) is 2.30. The van der Waals surface area contributed by atoms with Gasteiger partial charge in [0.1, 0.15) is 0 Å². The van der Waals surface area contributed by atoms with Crippen LogP contribution in [0.15, 0.2) is 36.4 Å². The molecule has 0 unspecified atom stereocenters. The molecule has 1 aromatic heterocycles. The Labute approximate surface area is 75.8 Å². The summed E-state index contributed by atoms with van der Waals surface area (Å²) in [5.41, 5.74) is 0. The number of aryl methyl sites for hydroxylation is 1. The Morgan fingerprint density at radius 3 is 2.45 bits per heavy atom. The maximum Gasteiger partial charge on any atom is 0.0930 e. The highest BCUT2D eigenvalue weighted by Gasteiger charge is 1.80. The van der Waals surface area contributed by atoms with Crippen LogP contribution in [-0.2, 0) is 0 Å². The smallest absolute Gasteiger partial charge is 0.0930 e.